The Hall–Kier alpha value is -4.49. The summed E-state index contributed by atoms with van der Waals surface area (Å²) in [5.41, 5.74) is 2.50. The highest BCUT2D eigenvalue weighted by atomic mass is 32.2. The van der Waals surface area contributed by atoms with Gasteiger partial charge >= 0.3 is 12.1 Å². The number of benzene rings is 3. The SMILES string of the molecule is C/C=S1\c2ccc(C(=O)NCc3cnc(-c4ccc(OCCCNC(=O)C(F)(F)F)cc4)s3)cc2NC(=O)c2ccccc21. The predicted molar refractivity (Wildman–Crippen MR) is 165 cm³/mol. The van der Waals surface area contributed by atoms with Gasteiger partial charge in [0.15, 0.2) is 0 Å². The molecule has 13 heteroatoms. The first-order valence-corrected chi connectivity index (χ1v) is 15.6. The van der Waals surface area contributed by atoms with Gasteiger partial charge in [-0.05, 0) is 67.9 Å². The Balaban J connectivity index is 1.15. The fourth-order valence-corrected chi connectivity index (χ4v) is 7.21. The van der Waals surface area contributed by atoms with E-state index in [0.29, 0.717) is 22.6 Å². The van der Waals surface area contributed by atoms with E-state index in [0.717, 1.165) is 25.2 Å². The van der Waals surface area contributed by atoms with Gasteiger partial charge in [-0.25, -0.2) is 4.98 Å². The lowest BCUT2D eigenvalue weighted by molar-refractivity contribution is -0.173. The van der Waals surface area contributed by atoms with E-state index in [2.05, 4.69) is 21.0 Å². The molecule has 0 bridgehead atoms. The Kier molecular flexibility index (Phi) is 9.45. The molecule has 0 radical (unpaired) electrons. The van der Waals surface area contributed by atoms with E-state index in [1.807, 2.05) is 43.3 Å². The molecule has 228 valence electrons. The second kappa shape index (κ2) is 13.4. The zero-order valence-electron chi connectivity index (χ0n) is 23.4. The van der Waals surface area contributed by atoms with Gasteiger partial charge in [-0.2, -0.15) is 13.2 Å². The number of fused-ring (bicyclic) bond motifs is 2. The Bertz CT molecular complexity index is 1740. The maximum absolute atomic E-state index is 13.0. The topological polar surface area (TPSA) is 109 Å². The monoisotopic (exact) mass is 640 g/mol. The average Bonchev–Trinajstić information content (AvgIpc) is 3.45. The van der Waals surface area contributed by atoms with E-state index in [1.165, 1.54) is 11.3 Å². The lowest BCUT2D eigenvalue weighted by Crippen LogP contribution is -2.37. The van der Waals surface area contributed by atoms with E-state index in [4.69, 9.17) is 4.74 Å². The highest BCUT2D eigenvalue weighted by Gasteiger charge is 2.38. The molecule has 8 nitrogen and oxygen atoms in total. The van der Waals surface area contributed by atoms with Crippen LogP contribution in [0, 0.1) is 0 Å². The quantitative estimate of drug-likeness (QED) is 0.148. The number of hydrogen-bond donors (Lipinski definition) is 3. The highest BCUT2D eigenvalue weighted by molar-refractivity contribution is 8.15. The number of alkyl halides is 3. The first-order chi connectivity index (χ1) is 21.1. The first kappa shape index (κ1) is 31.0. The summed E-state index contributed by atoms with van der Waals surface area (Å²) in [6.07, 6.45) is -2.99. The summed E-state index contributed by atoms with van der Waals surface area (Å²) in [5.74, 6) is -1.92. The molecule has 0 saturated carbocycles. The minimum atomic E-state index is -4.90. The molecule has 1 aliphatic heterocycles. The van der Waals surface area contributed by atoms with Gasteiger partial charge in [0.25, 0.3) is 11.8 Å². The molecular weight excluding hydrogens is 613 g/mol. The number of nitrogens with one attached hydrogen (secondary N) is 3. The van der Waals surface area contributed by atoms with Crippen molar-refractivity contribution in [1.82, 2.24) is 15.6 Å². The normalized spacial score (nSPS) is 14.2. The van der Waals surface area contributed by atoms with Crippen LogP contribution in [0.2, 0.25) is 0 Å². The van der Waals surface area contributed by atoms with Gasteiger partial charge in [-0.3, -0.25) is 14.4 Å². The number of nitrogens with zero attached hydrogens (tertiary/aromatic N) is 1. The number of rotatable bonds is 9. The van der Waals surface area contributed by atoms with Crippen molar-refractivity contribution in [3.8, 4) is 16.3 Å². The third-order valence-electron chi connectivity index (χ3n) is 6.54. The maximum Gasteiger partial charge on any atom is 0.471 e. The third kappa shape index (κ3) is 7.17. The summed E-state index contributed by atoms with van der Waals surface area (Å²) in [4.78, 5) is 43.9. The van der Waals surface area contributed by atoms with Crippen molar-refractivity contribution in [2.24, 2.45) is 0 Å². The molecule has 0 saturated heterocycles. The Morgan fingerprint density at radius 2 is 1.82 bits per heavy atom. The van der Waals surface area contributed by atoms with Gasteiger partial charge in [0.2, 0.25) is 0 Å². The van der Waals surface area contributed by atoms with Crippen LogP contribution < -0.4 is 20.7 Å². The minimum absolute atomic E-state index is 0.140. The number of ether oxygens (including phenoxy) is 1. The molecule has 1 unspecified atom stereocenters. The number of halogens is 3. The summed E-state index contributed by atoms with van der Waals surface area (Å²) in [7, 11) is -0.421. The Labute approximate surface area is 257 Å². The summed E-state index contributed by atoms with van der Waals surface area (Å²) >= 11 is 1.42. The maximum atomic E-state index is 13.0. The molecule has 0 fully saturated rings. The predicted octanol–water partition coefficient (Wildman–Crippen LogP) is 6.26. The van der Waals surface area contributed by atoms with Crippen LogP contribution in [0.5, 0.6) is 5.75 Å². The lowest BCUT2D eigenvalue weighted by Gasteiger charge is -2.13. The molecule has 0 aliphatic carbocycles. The number of hydrogen-bond acceptors (Lipinski definition) is 6. The fraction of sp³-hybridized carbons (Fsp3) is 0.194. The van der Waals surface area contributed by atoms with Crippen molar-refractivity contribution in [2.75, 3.05) is 18.5 Å². The zero-order chi connectivity index (χ0) is 31.3. The molecule has 1 atom stereocenters. The fourth-order valence-electron chi connectivity index (χ4n) is 4.42. The van der Waals surface area contributed by atoms with E-state index < -0.39 is 22.6 Å². The highest BCUT2D eigenvalue weighted by Crippen LogP contribution is 2.44. The van der Waals surface area contributed by atoms with Gasteiger partial charge in [-0.15, -0.1) is 21.8 Å². The third-order valence-corrected chi connectivity index (χ3v) is 9.72. The van der Waals surface area contributed by atoms with Crippen molar-refractivity contribution in [2.45, 2.75) is 35.9 Å². The summed E-state index contributed by atoms with van der Waals surface area (Å²) < 4.78 is 42.1. The summed E-state index contributed by atoms with van der Waals surface area (Å²) in [5, 5.41) is 10.5. The van der Waals surface area contributed by atoms with Crippen LogP contribution in [0.3, 0.4) is 0 Å². The number of anilines is 1. The molecule has 0 spiro atoms. The molecule has 1 aromatic heterocycles. The van der Waals surface area contributed by atoms with Crippen LogP contribution in [0.25, 0.3) is 10.6 Å². The van der Waals surface area contributed by atoms with E-state index >= 15 is 0 Å². The number of carbonyl (C=O) groups is 3. The number of amides is 3. The van der Waals surface area contributed by atoms with Crippen molar-refractivity contribution < 1.29 is 32.3 Å². The van der Waals surface area contributed by atoms with Gasteiger partial charge in [-0.1, -0.05) is 17.5 Å². The van der Waals surface area contributed by atoms with Crippen LogP contribution in [-0.2, 0) is 11.3 Å². The smallest absolute Gasteiger partial charge is 0.471 e. The molecule has 3 N–H and O–H groups in total. The molecular formula is C31H27F3N4O4S2. The van der Waals surface area contributed by atoms with Crippen LogP contribution in [-0.4, -0.2) is 47.4 Å². The molecule has 3 aromatic carbocycles. The molecule has 3 amide bonds. The second-order valence-electron chi connectivity index (χ2n) is 9.53. The van der Waals surface area contributed by atoms with E-state index in [9.17, 15) is 27.6 Å². The molecule has 5 rings (SSSR count). The standard InChI is InChI=1S/C31H27F3N4O4S2/c1-2-44-25-7-4-3-6-23(25)28(40)38-24-16-20(10-13-26(24)44)27(39)36-17-22-18-37-29(43-22)19-8-11-21(12-9-19)42-15-5-14-35-30(41)31(32,33)34/h2-4,6-13,16,18H,5,14-15,17H2,1H3,(H,35,41)(H,36,39)(H,38,40). The van der Waals surface area contributed by atoms with Crippen molar-refractivity contribution in [3.05, 3.63) is 88.9 Å². The van der Waals surface area contributed by atoms with Gasteiger partial charge in [0.05, 0.1) is 24.4 Å². The van der Waals surface area contributed by atoms with Crippen molar-refractivity contribution in [1.29, 1.82) is 0 Å². The minimum Gasteiger partial charge on any atom is -0.494 e. The largest absolute Gasteiger partial charge is 0.494 e. The van der Waals surface area contributed by atoms with Crippen LogP contribution in [0.1, 0.15) is 38.9 Å². The summed E-state index contributed by atoms with van der Waals surface area (Å²) in [6, 6.07) is 19.9. The second-order valence-corrected chi connectivity index (χ2v) is 12.7. The molecule has 44 heavy (non-hydrogen) atoms. The Morgan fingerprint density at radius 1 is 1.05 bits per heavy atom. The number of carbonyl (C=O) groups excluding carboxylic acids is 3. The van der Waals surface area contributed by atoms with Crippen molar-refractivity contribution in [3.63, 3.8) is 0 Å². The van der Waals surface area contributed by atoms with E-state index in [1.54, 1.807) is 41.8 Å². The average molecular weight is 641 g/mol. The van der Waals surface area contributed by atoms with Crippen LogP contribution in [0.15, 0.2) is 82.7 Å². The Morgan fingerprint density at radius 3 is 2.57 bits per heavy atom. The first-order valence-electron chi connectivity index (χ1n) is 13.5. The van der Waals surface area contributed by atoms with Gasteiger partial charge < -0.3 is 20.7 Å². The number of aromatic nitrogens is 1. The van der Waals surface area contributed by atoms with Crippen LogP contribution >= 0.6 is 21.8 Å². The molecule has 4 aromatic rings. The van der Waals surface area contributed by atoms with E-state index in [-0.39, 0.29) is 37.9 Å². The molecule has 2 heterocycles. The van der Waals surface area contributed by atoms with Gasteiger partial charge in [0, 0.05) is 38.5 Å². The van der Waals surface area contributed by atoms with Crippen LogP contribution in [0.4, 0.5) is 18.9 Å². The molecule has 1 aliphatic rings. The van der Waals surface area contributed by atoms with Gasteiger partial charge in [0.1, 0.15) is 10.8 Å². The number of thiazole rings is 1. The summed E-state index contributed by atoms with van der Waals surface area (Å²) in [6.45, 7) is 2.22. The lowest BCUT2D eigenvalue weighted by atomic mass is 10.1. The van der Waals surface area contributed by atoms with Crippen molar-refractivity contribution >= 4 is 50.6 Å². The zero-order valence-corrected chi connectivity index (χ0v) is 25.0.